The van der Waals surface area contributed by atoms with Gasteiger partial charge in [-0.1, -0.05) is 16.8 Å². The molecule has 0 radical (unpaired) electrons. The van der Waals surface area contributed by atoms with Gasteiger partial charge in [0.25, 0.3) is 0 Å². The van der Waals surface area contributed by atoms with Crippen molar-refractivity contribution in [3.8, 4) is 17.2 Å². The van der Waals surface area contributed by atoms with Gasteiger partial charge in [0.2, 0.25) is 10.0 Å². The highest BCUT2D eigenvalue weighted by Gasteiger charge is 2.32. The lowest BCUT2D eigenvalue weighted by atomic mass is 10.3. The van der Waals surface area contributed by atoms with Crippen LogP contribution in [-0.4, -0.2) is 78.1 Å². The van der Waals surface area contributed by atoms with Crippen molar-refractivity contribution in [2.75, 3.05) is 45.3 Å². The number of piperazine rings is 1. The summed E-state index contributed by atoms with van der Waals surface area (Å²) < 4.78 is 40.3. The average Bonchev–Trinajstić information content (AvgIpc) is 3.33. The SMILES string of the molecule is COc1ccc(OC)c(S(=O)(=O)N2CCN(c3ncnc4c3nnn4-c3ccc(Cl)cc3)CC2)c1. The summed E-state index contributed by atoms with van der Waals surface area (Å²) in [6, 6.07) is 11.9. The molecule has 0 N–H and O–H groups in total. The zero-order chi connectivity index (χ0) is 24.6. The molecule has 0 bridgehead atoms. The van der Waals surface area contributed by atoms with E-state index in [1.165, 1.54) is 30.9 Å². The third kappa shape index (κ3) is 4.24. The predicted molar refractivity (Wildman–Crippen MR) is 130 cm³/mol. The van der Waals surface area contributed by atoms with Gasteiger partial charge < -0.3 is 14.4 Å². The van der Waals surface area contributed by atoms with Crippen LogP contribution in [0.25, 0.3) is 16.9 Å². The van der Waals surface area contributed by atoms with Gasteiger partial charge in [-0.15, -0.1) is 5.10 Å². The van der Waals surface area contributed by atoms with E-state index in [4.69, 9.17) is 21.1 Å². The second-order valence-corrected chi connectivity index (χ2v) is 10.1. The molecule has 1 fully saturated rings. The van der Waals surface area contributed by atoms with Crippen LogP contribution in [-0.2, 0) is 10.0 Å². The van der Waals surface area contributed by atoms with E-state index in [-0.39, 0.29) is 23.7 Å². The van der Waals surface area contributed by atoms with Crippen molar-refractivity contribution in [2.45, 2.75) is 4.90 Å². The first kappa shape index (κ1) is 23.3. The molecule has 4 aromatic rings. The summed E-state index contributed by atoms with van der Waals surface area (Å²) in [7, 11) is -0.865. The Kier molecular flexibility index (Phi) is 6.17. The molecule has 0 atom stereocenters. The molecule has 2 aromatic heterocycles. The normalized spacial score (nSPS) is 14.9. The van der Waals surface area contributed by atoms with Crippen molar-refractivity contribution in [1.29, 1.82) is 0 Å². The standard InChI is InChI=1S/C22H22ClN7O4S/c1-33-17-7-8-18(34-2)19(13-17)35(31,32)29-11-9-28(10-12-29)21-20-22(25-14-24-21)30(27-26-20)16-5-3-15(23)4-6-16/h3-8,13-14H,9-12H2,1-2H3. The van der Waals surface area contributed by atoms with Crippen molar-refractivity contribution >= 4 is 38.6 Å². The van der Waals surface area contributed by atoms with E-state index in [1.54, 1.807) is 28.9 Å². The summed E-state index contributed by atoms with van der Waals surface area (Å²) in [4.78, 5) is 10.8. The van der Waals surface area contributed by atoms with Crippen LogP contribution in [0.2, 0.25) is 5.02 Å². The number of benzene rings is 2. The lowest BCUT2D eigenvalue weighted by molar-refractivity contribution is 0.370. The number of sulfonamides is 1. The van der Waals surface area contributed by atoms with Crippen LogP contribution < -0.4 is 14.4 Å². The van der Waals surface area contributed by atoms with Gasteiger partial charge in [0.05, 0.1) is 19.9 Å². The fourth-order valence-electron chi connectivity index (χ4n) is 3.99. The number of ether oxygens (including phenoxy) is 2. The summed E-state index contributed by atoms with van der Waals surface area (Å²) in [6.45, 7) is 1.37. The molecule has 182 valence electrons. The topological polar surface area (TPSA) is 116 Å². The Labute approximate surface area is 206 Å². The molecule has 3 heterocycles. The highest BCUT2D eigenvalue weighted by atomic mass is 35.5. The molecule has 0 unspecified atom stereocenters. The highest BCUT2D eigenvalue weighted by molar-refractivity contribution is 7.89. The van der Waals surface area contributed by atoms with Crippen LogP contribution in [0.1, 0.15) is 0 Å². The zero-order valence-corrected chi connectivity index (χ0v) is 20.6. The summed E-state index contributed by atoms with van der Waals surface area (Å²) >= 11 is 6.00. The first-order valence-electron chi connectivity index (χ1n) is 10.7. The molecular weight excluding hydrogens is 494 g/mol. The van der Waals surface area contributed by atoms with Crippen molar-refractivity contribution in [3.63, 3.8) is 0 Å². The third-order valence-corrected chi connectivity index (χ3v) is 7.99. The molecule has 0 saturated carbocycles. The minimum atomic E-state index is -3.79. The number of halogens is 1. The Hall–Kier alpha value is -3.48. The number of aromatic nitrogens is 5. The Morgan fingerprint density at radius 1 is 0.943 bits per heavy atom. The molecule has 1 aliphatic heterocycles. The molecular formula is C22H22ClN7O4S. The number of hydrogen-bond donors (Lipinski definition) is 0. The van der Waals surface area contributed by atoms with Gasteiger partial charge in [-0.2, -0.15) is 8.99 Å². The average molecular weight is 516 g/mol. The van der Waals surface area contributed by atoms with Gasteiger partial charge in [-0.3, -0.25) is 0 Å². The van der Waals surface area contributed by atoms with Crippen LogP contribution in [0, 0.1) is 0 Å². The van der Waals surface area contributed by atoms with Gasteiger partial charge in [-0.05, 0) is 36.4 Å². The second kappa shape index (κ2) is 9.29. The van der Waals surface area contributed by atoms with Gasteiger partial charge >= 0.3 is 0 Å². The van der Waals surface area contributed by atoms with Crippen molar-refractivity contribution in [2.24, 2.45) is 0 Å². The molecule has 5 rings (SSSR count). The van der Waals surface area contributed by atoms with E-state index < -0.39 is 10.0 Å². The lowest BCUT2D eigenvalue weighted by Crippen LogP contribution is -2.49. The first-order chi connectivity index (χ1) is 16.9. The maximum atomic E-state index is 13.4. The molecule has 13 heteroatoms. The Bertz CT molecular complexity index is 1470. The van der Waals surface area contributed by atoms with E-state index in [9.17, 15) is 8.42 Å². The van der Waals surface area contributed by atoms with Gasteiger partial charge in [0.1, 0.15) is 22.7 Å². The van der Waals surface area contributed by atoms with Crippen molar-refractivity contribution < 1.29 is 17.9 Å². The van der Waals surface area contributed by atoms with Crippen LogP contribution in [0.5, 0.6) is 11.5 Å². The number of methoxy groups -OCH3 is 2. The van der Waals surface area contributed by atoms with Crippen LogP contribution in [0.4, 0.5) is 5.82 Å². The fourth-order valence-corrected chi connectivity index (χ4v) is 5.71. The smallest absolute Gasteiger partial charge is 0.247 e. The third-order valence-electron chi connectivity index (χ3n) is 5.82. The van der Waals surface area contributed by atoms with E-state index in [1.807, 2.05) is 17.0 Å². The molecule has 35 heavy (non-hydrogen) atoms. The minimum Gasteiger partial charge on any atom is -0.497 e. The minimum absolute atomic E-state index is 0.0723. The van der Waals surface area contributed by atoms with E-state index in [0.29, 0.717) is 40.8 Å². The predicted octanol–water partition coefficient (Wildman–Crippen LogP) is 2.39. The van der Waals surface area contributed by atoms with E-state index in [2.05, 4.69) is 20.3 Å². The second-order valence-electron chi connectivity index (χ2n) is 7.76. The summed E-state index contributed by atoms with van der Waals surface area (Å²) in [5.74, 6) is 1.31. The first-order valence-corrected chi connectivity index (χ1v) is 12.5. The zero-order valence-electron chi connectivity index (χ0n) is 19.0. The van der Waals surface area contributed by atoms with Crippen LogP contribution >= 0.6 is 11.6 Å². The van der Waals surface area contributed by atoms with E-state index in [0.717, 1.165) is 5.69 Å². The molecule has 0 amide bonds. The van der Waals surface area contributed by atoms with Gasteiger partial charge in [0.15, 0.2) is 17.0 Å². The summed E-state index contributed by atoms with van der Waals surface area (Å²) in [5, 5.41) is 9.16. The Morgan fingerprint density at radius 2 is 1.69 bits per heavy atom. The largest absolute Gasteiger partial charge is 0.497 e. The van der Waals surface area contributed by atoms with Crippen LogP contribution in [0.15, 0.2) is 53.7 Å². The molecule has 2 aromatic carbocycles. The molecule has 0 spiro atoms. The molecule has 0 aliphatic carbocycles. The number of fused-ring (bicyclic) bond motifs is 1. The quantitative estimate of drug-likeness (QED) is 0.381. The molecule has 1 saturated heterocycles. The van der Waals surface area contributed by atoms with Crippen molar-refractivity contribution in [3.05, 3.63) is 53.8 Å². The number of nitrogens with zero attached hydrogens (tertiary/aromatic N) is 7. The highest BCUT2D eigenvalue weighted by Crippen LogP contribution is 2.32. The Morgan fingerprint density at radius 3 is 2.37 bits per heavy atom. The molecule has 1 aliphatic rings. The monoisotopic (exact) mass is 515 g/mol. The maximum absolute atomic E-state index is 13.4. The summed E-state index contributed by atoms with van der Waals surface area (Å²) in [6.07, 6.45) is 1.46. The summed E-state index contributed by atoms with van der Waals surface area (Å²) in [5.41, 5.74) is 1.85. The van der Waals surface area contributed by atoms with Crippen molar-refractivity contribution in [1.82, 2.24) is 29.3 Å². The fraction of sp³-hybridized carbons (Fsp3) is 0.273. The Balaban J connectivity index is 1.39. The van der Waals surface area contributed by atoms with Gasteiger partial charge in [-0.25, -0.2) is 18.4 Å². The van der Waals surface area contributed by atoms with Crippen LogP contribution in [0.3, 0.4) is 0 Å². The number of hydrogen-bond acceptors (Lipinski definition) is 9. The van der Waals surface area contributed by atoms with E-state index >= 15 is 0 Å². The molecule has 11 nitrogen and oxygen atoms in total. The lowest BCUT2D eigenvalue weighted by Gasteiger charge is -2.34. The number of rotatable bonds is 6. The maximum Gasteiger partial charge on any atom is 0.247 e. The number of anilines is 1. The van der Waals surface area contributed by atoms with Gasteiger partial charge in [0, 0.05) is 37.3 Å².